The molecule has 4 aromatic carbocycles. The van der Waals surface area contributed by atoms with Crippen LogP contribution in [0.5, 0.6) is 5.75 Å². The van der Waals surface area contributed by atoms with Gasteiger partial charge in [0.25, 0.3) is 0 Å². The number of halogens is 1. The summed E-state index contributed by atoms with van der Waals surface area (Å²) < 4.78 is 7.22. The summed E-state index contributed by atoms with van der Waals surface area (Å²) in [6.07, 6.45) is 0. The molecule has 31 heavy (non-hydrogen) atoms. The Bertz CT molecular complexity index is 1140. The highest BCUT2D eigenvalue weighted by atomic mass is 35.5. The normalized spacial score (nSPS) is 12.2. The molecule has 0 aromatic heterocycles. The maximum Gasteiger partial charge on any atom is 0.319 e. The van der Waals surface area contributed by atoms with Crippen molar-refractivity contribution in [1.82, 2.24) is 0 Å². The summed E-state index contributed by atoms with van der Waals surface area (Å²) in [4.78, 5) is 0. The van der Waals surface area contributed by atoms with Crippen molar-refractivity contribution in [3.05, 3.63) is 102 Å². The average molecular weight is 447 g/mol. The van der Waals surface area contributed by atoms with E-state index in [1.54, 1.807) is 0 Å². The molecule has 0 aliphatic carbocycles. The highest BCUT2D eigenvalue weighted by Gasteiger charge is 2.52. The van der Waals surface area contributed by atoms with Crippen LogP contribution in [0.4, 0.5) is 0 Å². The number of fused-ring (bicyclic) bond motifs is 1. The van der Waals surface area contributed by atoms with Crippen molar-refractivity contribution in [2.45, 2.75) is 32.4 Å². The molecule has 0 amide bonds. The zero-order chi connectivity index (χ0) is 22.1. The molecule has 1 N–H and O–H groups in total. The second-order valence-electron chi connectivity index (χ2n) is 8.88. The summed E-state index contributed by atoms with van der Waals surface area (Å²) in [5, 5.41) is 14.8. The van der Waals surface area contributed by atoms with Crippen molar-refractivity contribution in [3.63, 3.8) is 0 Å². The summed E-state index contributed by atoms with van der Waals surface area (Å²) in [5.41, 5.74) is 0.808. The molecule has 2 nitrogen and oxygen atoms in total. The van der Waals surface area contributed by atoms with Crippen molar-refractivity contribution >= 4 is 41.1 Å². The van der Waals surface area contributed by atoms with Gasteiger partial charge < -0.3 is 9.53 Å². The third kappa shape index (κ3) is 4.01. The number of aliphatic hydroxyl groups excluding tert-OH is 1. The quantitative estimate of drug-likeness (QED) is 0.385. The fraction of sp³-hybridized carbons (Fsp3) is 0.185. The van der Waals surface area contributed by atoms with Gasteiger partial charge in [-0.05, 0) is 56.7 Å². The van der Waals surface area contributed by atoms with Gasteiger partial charge in [0.15, 0.2) is 0 Å². The van der Waals surface area contributed by atoms with E-state index in [2.05, 4.69) is 69.3 Å². The molecule has 4 heteroatoms. The van der Waals surface area contributed by atoms with Crippen molar-refractivity contribution in [3.8, 4) is 5.75 Å². The van der Waals surface area contributed by atoms with Crippen LogP contribution in [0.15, 0.2) is 91.0 Å². The molecule has 0 aliphatic rings. The van der Waals surface area contributed by atoms with Crippen LogP contribution < -0.4 is 14.8 Å². The summed E-state index contributed by atoms with van der Waals surface area (Å²) in [6, 6.07) is 30.9. The van der Waals surface area contributed by atoms with Gasteiger partial charge in [-0.2, -0.15) is 0 Å². The van der Waals surface area contributed by atoms with Crippen LogP contribution in [0, 0.1) is 0 Å². The Morgan fingerprint density at radius 3 is 1.90 bits per heavy atom. The van der Waals surface area contributed by atoms with Crippen LogP contribution >= 0.6 is 11.6 Å². The predicted octanol–water partition coefficient (Wildman–Crippen LogP) is 5.92. The first-order chi connectivity index (χ1) is 14.8. The topological polar surface area (TPSA) is 29.5 Å². The first-order valence-electron chi connectivity index (χ1n) is 10.5. The van der Waals surface area contributed by atoms with Crippen LogP contribution in [-0.4, -0.2) is 13.4 Å². The zero-order valence-electron chi connectivity index (χ0n) is 18.1. The lowest BCUT2D eigenvalue weighted by Crippen LogP contribution is -2.68. The molecule has 158 valence electrons. The van der Waals surface area contributed by atoms with E-state index in [1.165, 1.54) is 10.4 Å². The highest BCUT2D eigenvalue weighted by Crippen LogP contribution is 2.40. The van der Waals surface area contributed by atoms with Gasteiger partial charge in [0.2, 0.25) is 0 Å². The van der Waals surface area contributed by atoms with Gasteiger partial charge in [0, 0.05) is 10.4 Å². The van der Waals surface area contributed by atoms with Gasteiger partial charge in [0.05, 0.1) is 6.61 Å². The predicted molar refractivity (Wildman–Crippen MR) is 133 cm³/mol. The number of hydrogen-bond donors (Lipinski definition) is 1. The highest BCUT2D eigenvalue weighted by molar-refractivity contribution is 7.00. The molecule has 0 heterocycles. The molecule has 0 saturated carbocycles. The Hall–Kier alpha value is -2.59. The third-order valence-corrected chi connectivity index (χ3v) is 11.0. The third-order valence-electron chi connectivity index (χ3n) is 5.80. The summed E-state index contributed by atoms with van der Waals surface area (Å²) >= 11 is 6.27. The van der Waals surface area contributed by atoms with Gasteiger partial charge >= 0.3 is 8.32 Å². The molecule has 0 unspecified atom stereocenters. The van der Waals surface area contributed by atoms with Crippen molar-refractivity contribution in [2.75, 3.05) is 0 Å². The molecule has 0 aliphatic heterocycles. The van der Waals surface area contributed by atoms with E-state index in [-0.39, 0.29) is 11.6 Å². The number of rotatable bonds is 5. The van der Waals surface area contributed by atoms with Gasteiger partial charge in [-0.15, -0.1) is 0 Å². The van der Waals surface area contributed by atoms with Gasteiger partial charge in [-0.1, -0.05) is 93.0 Å². The van der Waals surface area contributed by atoms with Crippen molar-refractivity contribution < 1.29 is 9.53 Å². The van der Waals surface area contributed by atoms with Crippen LogP contribution in [0.25, 0.3) is 10.8 Å². The Kier molecular flexibility index (Phi) is 5.93. The molecule has 4 aromatic rings. The fourth-order valence-electron chi connectivity index (χ4n) is 4.35. The number of hydrogen-bond acceptors (Lipinski definition) is 2. The molecular formula is C27H27ClO2Si. The van der Waals surface area contributed by atoms with E-state index in [9.17, 15) is 5.11 Å². The van der Waals surface area contributed by atoms with Crippen molar-refractivity contribution in [1.29, 1.82) is 0 Å². The van der Waals surface area contributed by atoms with Gasteiger partial charge in [-0.3, -0.25) is 0 Å². The lowest BCUT2D eigenvalue weighted by atomic mass is 10.1. The lowest BCUT2D eigenvalue weighted by molar-refractivity contribution is 0.281. The lowest BCUT2D eigenvalue weighted by Gasteiger charge is -2.43. The molecule has 0 atom stereocenters. The van der Waals surface area contributed by atoms with Crippen molar-refractivity contribution in [2.24, 2.45) is 0 Å². The van der Waals surface area contributed by atoms with Crippen LogP contribution in [0.3, 0.4) is 0 Å². The molecule has 0 spiro atoms. The second kappa shape index (κ2) is 8.50. The number of benzene rings is 4. The minimum absolute atomic E-state index is 0.0560. The maximum absolute atomic E-state index is 9.91. The zero-order valence-corrected chi connectivity index (χ0v) is 19.9. The van der Waals surface area contributed by atoms with E-state index in [1.807, 2.05) is 42.5 Å². The molecule has 0 bridgehead atoms. The largest absolute Gasteiger partial charge is 0.534 e. The monoisotopic (exact) mass is 446 g/mol. The number of aliphatic hydroxyl groups is 1. The van der Waals surface area contributed by atoms with Crippen LogP contribution in [0.2, 0.25) is 10.1 Å². The smallest absolute Gasteiger partial charge is 0.319 e. The average Bonchev–Trinajstić information content (AvgIpc) is 2.77. The Labute approximate surface area is 190 Å². The first-order valence-corrected chi connectivity index (χ1v) is 12.8. The molecule has 0 fully saturated rings. The van der Waals surface area contributed by atoms with Crippen LogP contribution in [0.1, 0.15) is 26.3 Å². The minimum Gasteiger partial charge on any atom is -0.534 e. The SMILES string of the molecule is CC(C)(C)[Si](Oc1cc(CO)cc2cc(Cl)ccc12)(c1ccccc1)c1ccccc1. The molecular weight excluding hydrogens is 420 g/mol. The summed E-state index contributed by atoms with van der Waals surface area (Å²) in [5.74, 6) is 0.785. The van der Waals surface area contributed by atoms with Crippen LogP contribution in [-0.2, 0) is 6.61 Å². The van der Waals surface area contributed by atoms with Gasteiger partial charge in [0.1, 0.15) is 5.75 Å². The standard InChI is InChI=1S/C27H27ClO2Si/c1-27(2,3)31(23-10-6-4-7-11-23,24-12-8-5-9-13-24)30-26-17-20(19-29)16-21-18-22(28)14-15-25(21)26/h4-18,29H,19H2,1-3H3. The molecule has 0 saturated heterocycles. The van der Waals surface area contributed by atoms with Gasteiger partial charge in [-0.25, -0.2) is 0 Å². The summed E-state index contributed by atoms with van der Waals surface area (Å²) in [6.45, 7) is 6.72. The second-order valence-corrected chi connectivity index (χ2v) is 13.5. The minimum atomic E-state index is -2.77. The fourth-order valence-corrected chi connectivity index (χ4v) is 8.97. The van der Waals surface area contributed by atoms with E-state index >= 15 is 0 Å². The Morgan fingerprint density at radius 1 is 0.806 bits per heavy atom. The Morgan fingerprint density at radius 2 is 1.39 bits per heavy atom. The van der Waals surface area contributed by atoms with E-state index in [0.717, 1.165) is 22.1 Å². The molecule has 4 rings (SSSR count). The molecule has 0 radical (unpaired) electrons. The van der Waals surface area contributed by atoms with E-state index in [0.29, 0.717) is 5.02 Å². The summed E-state index contributed by atoms with van der Waals surface area (Å²) in [7, 11) is -2.77. The van der Waals surface area contributed by atoms with E-state index < -0.39 is 8.32 Å². The van der Waals surface area contributed by atoms with E-state index in [4.69, 9.17) is 16.0 Å². The Balaban J connectivity index is 2.03. The first kappa shape index (κ1) is 21.6. The maximum atomic E-state index is 9.91.